The van der Waals surface area contributed by atoms with Crippen LogP contribution in [0.5, 0.6) is 0 Å². The van der Waals surface area contributed by atoms with Gasteiger partial charge in [-0.25, -0.2) is 0 Å². The second kappa shape index (κ2) is 7.30. The van der Waals surface area contributed by atoms with Crippen molar-refractivity contribution in [2.45, 2.75) is 23.5 Å². The maximum Gasteiger partial charge on any atom is 0.212 e. The summed E-state index contributed by atoms with van der Waals surface area (Å²) in [6, 6.07) is 7.64. The summed E-state index contributed by atoms with van der Waals surface area (Å²) in [6.07, 6.45) is -4.61. The third-order valence-corrected chi connectivity index (χ3v) is 5.00. The summed E-state index contributed by atoms with van der Waals surface area (Å²) >= 11 is 4.78. The smallest absolute Gasteiger partial charge is 0.212 e. The number of fused-ring (bicyclic) bond motifs is 1. The lowest BCUT2D eigenvalue weighted by Gasteiger charge is -2.21. The molecule has 8 nitrogen and oxygen atoms in total. The Balaban J connectivity index is 1.93. The van der Waals surface area contributed by atoms with Crippen LogP contribution in [0.3, 0.4) is 0 Å². The monoisotopic (exact) mass is 414 g/mol. The Morgan fingerprint density at radius 1 is 1.17 bits per heavy atom. The molecule has 0 amide bonds. The number of aliphatic hydroxyl groups is 4. The molecule has 2 heterocycles. The van der Waals surface area contributed by atoms with Crippen LogP contribution in [-0.2, 0) is 0 Å². The number of hydrogen-bond acceptors (Lipinski definition) is 8. The number of aliphatic hydroxyl groups excluding tert-OH is 4. The molecule has 0 bridgehead atoms. The number of thioether (sulfide) groups is 1. The zero-order chi connectivity index (χ0) is 17.3. The average molecular weight is 415 g/mol. The molecular weight excluding hydrogens is 400 g/mol. The topological polar surface area (TPSA) is 124 Å². The zero-order valence-electron chi connectivity index (χ0n) is 12.3. The summed E-state index contributed by atoms with van der Waals surface area (Å²) in [5.74, 6) is 0.601. The van der Waals surface area contributed by atoms with Crippen molar-refractivity contribution in [2.75, 3.05) is 12.4 Å². The summed E-state index contributed by atoms with van der Waals surface area (Å²) < 4.78 is 2.31. The first-order valence-corrected chi connectivity index (χ1v) is 8.86. The highest BCUT2D eigenvalue weighted by molar-refractivity contribution is 9.10. The quantitative estimate of drug-likeness (QED) is 0.548. The van der Waals surface area contributed by atoms with Gasteiger partial charge in [-0.1, -0.05) is 39.8 Å². The minimum atomic E-state index is -1.60. The number of rotatable bonds is 5. The molecule has 0 saturated heterocycles. The normalized spacial score (nSPS) is 17.8. The van der Waals surface area contributed by atoms with Crippen molar-refractivity contribution in [3.8, 4) is 0 Å². The van der Waals surface area contributed by atoms with Gasteiger partial charge in [-0.3, -0.25) is 0 Å². The molecule has 1 aromatic carbocycles. The van der Waals surface area contributed by atoms with Crippen molar-refractivity contribution >= 4 is 33.4 Å². The highest BCUT2D eigenvalue weighted by Gasteiger charge is 2.32. The molecule has 0 aliphatic carbocycles. The third kappa shape index (κ3) is 3.39. The molecule has 10 heteroatoms. The molecule has 0 saturated carbocycles. The molecule has 128 valence electrons. The van der Waals surface area contributed by atoms with Crippen LogP contribution in [0.4, 0.5) is 0 Å². The van der Waals surface area contributed by atoms with Crippen molar-refractivity contribution in [1.29, 1.82) is 0 Å². The van der Waals surface area contributed by atoms with E-state index in [2.05, 4.69) is 31.2 Å². The predicted molar refractivity (Wildman–Crippen MR) is 90.9 cm³/mol. The lowest BCUT2D eigenvalue weighted by Crippen LogP contribution is -2.36. The van der Waals surface area contributed by atoms with E-state index in [-0.39, 0.29) is 5.82 Å². The van der Waals surface area contributed by atoms with E-state index < -0.39 is 24.9 Å². The molecule has 2 aromatic rings. The molecular formula is C14H15BrN4O4S. The Bertz CT molecular complexity index is 752. The van der Waals surface area contributed by atoms with Crippen LogP contribution >= 0.6 is 27.7 Å². The first-order valence-electron chi connectivity index (χ1n) is 7.08. The number of nitrogens with zero attached hydrogens (tertiary/aromatic N) is 4. The molecule has 0 unspecified atom stereocenters. The Hall–Kier alpha value is -1.30. The van der Waals surface area contributed by atoms with Crippen LogP contribution in [0.15, 0.2) is 39.0 Å². The molecule has 1 aromatic heterocycles. The van der Waals surface area contributed by atoms with Crippen molar-refractivity contribution in [3.63, 3.8) is 0 Å². The van der Waals surface area contributed by atoms with Crippen LogP contribution in [-0.4, -0.2) is 65.6 Å². The summed E-state index contributed by atoms with van der Waals surface area (Å²) in [5, 5.41) is 51.2. The van der Waals surface area contributed by atoms with Gasteiger partial charge in [0.2, 0.25) is 5.16 Å². The SMILES string of the molecule is OC[C@@H](O)[C@@H](O)[C@@H](O)c1nnc2n1N=C(c1ccc(Br)cc1)CS2. The number of benzene rings is 1. The van der Waals surface area contributed by atoms with Crippen LogP contribution in [0.1, 0.15) is 17.5 Å². The fraction of sp³-hybridized carbons (Fsp3) is 0.357. The Labute approximate surface area is 150 Å². The number of halogens is 1. The first-order chi connectivity index (χ1) is 11.5. The van der Waals surface area contributed by atoms with E-state index in [0.717, 1.165) is 15.7 Å². The number of hydrogen-bond donors (Lipinski definition) is 4. The van der Waals surface area contributed by atoms with Gasteiger partial charge >= 0.3 is 0 Å². The minimum absolute atomic E-state index is 0.00631. The third-order valence-electron chi connectivity index (χ3n) is 3.54. The standard InChI is InChI=1S/C14H15BrN4O4S/c15-8-3-1-7(2-4-8)9-6-24-14-17-16-13(19(14)18-9)12(23)11(22)10(21)5-20/h1-4,10-12,20-23H,5-6H2/t10-,11-,12-/m1/s1. The van der Waals surface area contributed by atoms with Gasteiger partial charge in [0.05, 0.1) is 12.3 Å². The maximum absolute atomic E-state index is 10.2. The molecule has 0 fully saturated rings. The molecule has 3 rings (SSSR count). The van der Waals surface area contributed by atoms with Crippen molar-refractivity contribution in [2.24, 2.45) is 5.10 Å². The molecule has 4 N–H and O–H groups in total. The average Bonchev–Trinajstić information content (AvgIpc) is 3.03. The summed E-state index contributed by atoms with van der Waals surface area (Å²) in [6.45, 7) is -0.679. The van der Waals surface area contributed by atoms with Gasteiger partial charge in [-0.15, -0.1) is 10.2 Å². The highest BCUT2D eigenvalue weighted by atomic mass is 79.9. The van der Waals surface area contributed by atoms with Crippen LogP contribution in [0.25, 0.3) is 0 Å². The predicted octanol–water partition coefficient (Wildman–Crippen LogP) is 0.146. The van der Waals surface area contributed by atoms with Crippen molar-refractivity contribution in [3.05, 3.63) is 40.1 Å². The van der Waals surface area contributed by atoms with Crippen LogP contribution in [0, 0.1) is 0 Å². The molecule has 1 aliphatic rings. The van der Waals surface area contributed by atoms with E-state index in [4.69, 9.17) is 5.11 Å². The Kier molecular flexibility index (Phi) is 5.33. The Morgan fingerprint density at radius 3 is 2.54 bits per heavy atom. The van der Waals surface area contributed by atoms with Gasteiger partial charge < -0.3 is 20.4 Å². The van der Waals surface area contributed by atoms with E-state index >= 15 is 0 Å². The molecule has 24 heavy (non-hydrogen) atoms. The zero-order valence-corrected chi connectivity index (χ0v) is 14.7. The molecule has 3 atom stereocenters. The van der Waals surface area contributed by atoms with Gasteiger partial charge in [0, 0.05) is 10.2 Å². The summed E-state index contributed by atoms with van der Waals surface area (Å²) in [7, 11) is 0. The van der Waals surface area contributed by atoms with E-state index in [9.17, 15) is 15.3 Å². The van der Waals surface area contributed by atoms with Crippen LogP contribution in [0.2, 0.25) is 0 Å². The molecule has 0 radical (unpaired) electrons. The van der Waals surface area contributed by atoms with E-state index in [1.165, 1.54) is 16.4 Å². The fourth-order valence-corrected chi connectivity index (χ4v) is 3.29. The van der Waals surface area contributed by atoms with E-state index in [1.54, 1.807) is 0 Å². The lowest BCUT2D eigenvalue weighted by atomic mass is 10.1. The largest absolute Gasteiger partial charge is 0.394 e. The fourth-order valence-electron chi connectivity index (χ4n) is 2.18. The second-order valence-electron chi connectivity index (χ2n) is 5.18. The van der Waals surface area contributed by atoms with Crippen LogP contribution < -0.4 is 0 Å². The second-order valence-corrected chi connectivity index (χ2v) is 7.04. The number of aromatic nitrogens is 3. The molecule has 1 aliphatic heterocycles. The van der Waals surface area contributed by atoms with Crippen molar-refractivity contribution in [1.82, 2.24) is 14.9 Å². The van der Waals surface area contributed by atoms with E-state index in [0.29, 0.717) is 10.9 Å². The summed E-state index contributed by atoms with van der Waals surface area (Å²) in [5.41, 5.74) is 1.69. The first kappa shape index (κ1) is 17.5. The maximum atomic E-state index is 10.2. The van der Waals surface area contributed by atoms with Gasteiger partial charge in [-0.2, -0.15) is 9.78 Å². The summed E-state index contributed by atoms with van der Waals surface area (Å²) in [4.78, 5) is 0. The molecule has 0 spiro atoms. The highest BCUT2D eigenvalue weighted by Crippen LogP contribution is 2.28. The minimum Gasteiger partial charge on any atom is -0.394 e. The van der Waals surface area contributed by atoms with Gasteiger partial charge in [0.1, 0.15) is 18.3 Å². The van der Waals surface area contributed by atoms with Gasteiger partial charge in [-0.05, 0) is 17.7 Å². The van der Waals surface area contributed by atoms with E-state index in [1.807, 2.05) is 24.3 Å². The lowest BCUT2D eigenvalue weighted by molar-refractivity contribution is -0.0813. The van der Waals surface area contributed by atoms with Gasteiger partial charge in [0.15, 0.2) is 5.82 Å². The van der Waals surface area contributed by atoms with Crippen molar-refractivity contribution < 1.29 is 20.4 Å². The van der Waals surface area contributed by atoms with Gasteiger partial charge in [0.25, 0.3) is 0 Å². The Morgan fingerprint density at radius 2 is 1.88 bits per heavy atom.